The highest BCUT2D eigenvalue weighted by atomic mass is 16.6. The Balaban J connectivity index is 3.73. The van der Waals surface area contributed by atoms with Crippen molar-refractivity contribution in [1.82, 2.24) is 0 Å². The van der Waals surface area contributed by atoms with Crippen LogP contribution in [0.1, 0.15) is 47.5 Å². The minimum absolute atomic E-state index is 0.0459. The Labute approximate surface area is 104 Å². The Morgan fingerprint density at radius 3 is 2.35 bits per heavy atom. The lowest BCUT2D eigenvalue weighted by Crippen LogP contribution is -2.26. The summed E-state index contributed by atoms with van der Waals surface area (Å²) in [5.74, 6) is 0.0538. The molecule has 1 unspecified atom stereocenters. The predicted molar refractivity (Wildman–Crippen MR) is 66.7 cm³/mol. The van der Waals surface area contributed by atoms with E-state index in [9.17, 15) is 4.79 Å². The molecule has 0 saturated heterocycles. The monoisotopic (exact) mass is 246 g/mol. The van der Waals surface area contributed by atoms with E-state index in [1.807, 2.05) is 34.6 Å². The van der Waals surface area contributed by atoms with Crippen LogP contribution < -0.4 is 0 Å². The number of aliphatic hydroxyl groups is 1. The van der Waals surface area contributed by atoms with Crippen LogP contribution in [0.5, 0.6) is 0 Å². The van der Waals surface area contributed by atoms with Crippen LogP contribution in [0.4, 0.5) is 0 Å². The lowest BCUT2D eigenvalue weighted by atomic mass is 10.0. The number of esters is 1. The molecule has 2 atom stereocenters. The molecular weight excluding hydrogens is 220 g/mol. The summed E-state index contributed by atoms with van der Waals surface area (Å²) in [5, 5.41) is 8.80. The van der Waals surface area contributed by atoms with Gasteiger partial charge in [-0.15, -0.1) is 0 Å². The minimum Gasteiger partial charge on any atom is -0.460 e. The highest BCUT2D eigenvalue weighted by Crippen LogP contribution is 2.12. The highest BCUT2D eigenvalue weighted by molar-refractivity contribution is 5.69. The maximum Gasteiger partial charge on any atom is 0.308 e. The average Bonchev–Trinajstić information content (AvgIpc) is 2.14. The lowest BCUT2D eigenvalue weighted by Gasteiger charge is -2.21. The number of hydrogen-bond acceptors (Lipinski definition) is 4. The minimum atomic E-state index is -0.438. The van der Waals surface area contributed by atoms with Crippen molar-refractivity contribution in [1.29, 1.82) is 0 Å². The Morgan fingerprint density at radius 1 is 1.29 bits per heavy atom. The molecule has 0 heterocycles. The third-order valence-corrected chi connectivity index (χ3v) is 2.49. The van der Waals surface area contributed by atoms with Crippen molar-refractivity contribution in [2.75, 3.05) is 13.2 Å². The van der Waals surface area contributed by atoms with E-state index >= 15 is 0 Å². The van der Waals surface area contributed by atoms with E-state index in [0.717, 1.165) is 0 Å². The molecule has 0 aromatic rings. The zero-order valence-electron chi connectivity index (χ0n) is 11.7. The second-order valence-electron chi connectivity index (χ2n) is 5.40. The van der Waals surface area contributed by atoms with Crippen LogP contribution in [-0.4, -0.2) is 36.0 Å². The maximum absolute atomic E-state index is 11.4. The van der Waals surface area contributed by atoms with E-state index in [1.165, 1.54) is 0 Å². The second-order valence-corrected chi connectivity index (χ2v) is 5.40. The van der Waals surface area contributed by atoms with Gasteiger partial charge in [0.05, 0.1) is 19.1 Å². The zero-order valence-corrected chi connectivity index (χ0v) is 11.7. The molecule has 0 aliphatic heterocycles. The van der Waals surface area contributed by atoms with Crippen molar-refractivity contribution < 1.29 is 19.4 Å². The van der Waals surface area contributed by atoms with Gasteiger partial charge in [-0.1, -0.05) is 6.92 Å². The zero-order chi connectivity index (χ0) is 13.5. The summed E-state index contributed by atoms with van der Waals surface area (Å²) in [4.78, 5) is 11.4. The summed E-state index contributed by atoms with van der Waals surface area (Å²) in [6.07, 6.45) is 1.03. The van der Waals surface area contributed by atoms with E-state index in [1.54, 1.807) is 0 Å². The molecule has 0 bridgehead atoms. The molecule has 17 heavy (non-hydrogen) atoms. The average molecular weight is 246 g/mol. The first-order valence-corrected chi connectivity index (χ1v) is 6.20. The van der Waals surface area contributed by atoms with Crippen LogP contribution >= 0.6 is 0 Å². The summed E-state index contributed by atoms with van der Waals surface area (Å²) < 4.78 is 10.7. The van der Waals surface area contributed by atoms with Gasteiger partial charge in [0, 0.05) is 6.61 Å². The van der Waals surface area contributed by atoms with Gasteiger partial charge >= 0.3 is 5.97 Å². The summed E-state index contributed by atoms with van der Waals surface area (Å²) in [6, 6.07) is 0. The van der Waals surface area contributed by atoms with Gasteiger partial charge in [-0.2, -0.15) is 0 Å². The van der Waals surface area contributed by atoms with Gasteiger partial charge in [-0.3, -0.25) is 4.79 Å². The molecule has 0 spiro atoms. The Hall–Kier alpha value is -0.610. The number of carbonyl (C=O) groups excluding carboxylic acids is 1. The second kappa shape index (κ2) is 7.67. The fourth-order valence-corrected chi connectivity index (χ4v) is 1.32. The maximum atomic E-state index is 11.4. The van der Waals surface area contributed by atoms with Crippen LogP contribution in [0.25, 0.3) is 0 Å². The summed E-state index contributed by atoms with van der Waals surface area (Å²) in [6.45, 7) is 10.0. The number of hydrogen-bond donors (Lipinski definition) is 1. The van der Waals surface area contributed by atoms with Gasteiger partial charge in [0.25, 0.3) is 0 Å². The van der Waals surface area contributed by atoms with Gasteiger partial charge in [0.15, 0.2) is 0 Å². The molecule has 0 aliphatic carbocycles. The van der Waals surface area contributed by atoms with Gasteiger partial charge in [-0.05, 0) is 40.0 Å². The molecule has 4 nitrogen and oxygen atoms in total. The van der Waals surface area contributed by atoms with Crippen molar-refractivity contribution in [3.8, 4) is 0 Å². The number of ether oxygens (including phenoxy) is 2. The molecule has 0 rings (SSSR count). The Bertz CT molecular complexity index is 220. The van der Waals surface area contributed by atoms with Crippen molar-refractivity contribution in [3.63, 3.8) is 0 Å². The molecule has 4 heteroatoms. The predicted octanol–water partition coefficient (Wildman–Crippen LogP) is 2.14. The summed E-state index contributed by atoms with van der Waals surface area (Å²) in [5.41, 5.74) is -0.438. The highest BCUT2D eigenvalue weighted by Gasteiger charge is 2.17. The molecule has 0 radical (unpaired) electrons. The van der Waals surface area contributed by atoms with Gasteiger partial charge in [0.2, 0.25) is 0 Å². The van der Waals surface area contributed by atoms with Crippen molar-refractivity contribution in [2.45, 2.75) is 59.2 Å². The fourth-order valence-electron chi connectivity index (χ4n) is 1.32. The Morgan fingerprint density at radius 2 is 1.88 bits per heavy atom. The first kappa shape index (κ1) is 16.4. The van der Waals surface area contributed by atoms with E-state index < -0.39 is 5.60 Å². The van der Waals surface area contributed by atoms with Gasteiger partial charge < -0.3 is 14.6 Å². The van der Waals surface area contributed by atoms with Crippen LogP contribution in [0.2, 0.25) is 0 Å². The molecule has 0 saturated carbocycles. The van der Waals surface area contributed by atoms with Crippen molar-refractivity contribution in [2.24, 2.45) is 5.92 Å². The SMILES string of the molecule is CC(CCO)[C@@H](C)OCCC(=O)OC(C)(C)C. The van der Waals surface area contributed by atoms with Crippen molar-refractivity contribution in [3.05, 3.63) is 0 Å². The Kier molecular flexibility index (Phi) is 7.39. The molecular formula is C13H26O4. The standard InChI is InChI=1S/C13H26O4/c1-10(6-8-14)11(2)16-9-7-12(15)17-13(3,4)5/h10-11,14H,6-9H2,1-5H3/t10?,11-/m1/s1. The van der Waals surface area contributed by atoms with Crippen LogP contribution in [0, 0.1) is 5.92 Å². The molecule has 0 aromatic heterocycles. The van der Waals surface area contributed by atoms with Crippen molar-refractivity contribution >= 4 is 5.97 Å². The van der Waals surface area contributed by atoms with Gasteiger partial charge in [-0.25, -0.2) is 0 Å². The number of aliphatic hydroxyl groups excluding tert-OH is 1. The smallest absolute Gasteiger partial charge is 0.308 e. The quantitative estimate of drug-likeness (QED) is 0.699. The molecule has 1 N–H and O–H groups in total. The lowest BCUT2D eigenvalue weighted by molar-refractivity contribution is -0.156. The first-order chi connectivity index (χ1) is 7.76. The van der Waals surface area contributed by atoms with Crippen LogP contribution in [0.15, 0.2) is 0 Å². The topological polar surface area (TPSA) is 55.8 Å². The summed E-state index contributed by atoms with van der Waals surface area (Å²) >= 11 is 0. The molecule has 102 valence electrons. The molecule has 0 aromatic carbocycles. The van der Waals surface area contributed by atoms with E-state index in [2.05, 4.69) is 0 Å². The first-order valence-electron chi connectivity index (χ1n) is 6.20. The third kappa shape index (κ3) is 9.12. The normalized spacial score (nSPS) is 15.4. The number of carbonyl (C=O) groups is 1. The fraction of sp³-hybridized carbons (Fsp3) is 0.923. The molecule has 0 aliphatic rings. The van der Waals surface area contributed by atoms with Crippen LogP contribution in [-0.2, 0) is 14.3 Å². The van der Waals surface area contributed by atoms with E-state index in [4.69, 9.17) is 14.6 Å². The van der Waals surface area contributed by atoms with Gasteiger partial charge in [0.1, 0.15) is 5.60 Å². The summed E-state index contributed by atoms with van der Waals surface area (Å²) in [7, 11) is 0. The largest absolute Gasteiger partial charge is 0.460 e. The molecule has 0 fully saturated rings. The third-order valence-electron chi connectivity index (χ3n) is 2.49. The number of rotatable bonds is 7. The molecule has 0 amide bonds. The van der Waals surface area contributed by atoms with E-state index in [0.29, 0.717) is 18.9 Å². The van der Waals surface area contributed by atoms with Crippen LogP contribution in [0.3, 0.4) is 0 Å². The van der Waals surface area contributed by atoms with E-state index in [-0.39, 0.29) is 25.1 Å².